The molecule has 2 aromatic carbocycles. The molecule has 0 fully saturated rings. The number of aryl methyl sites for hydroxylation is 1. The molecule has 1 amide bonds. The summed E-state index contributed by atoms with van der Waals surface area (Å²) >= 11 is 2.32. The van der Waals surface area contributed by atoms with E-state index >= 15 is 0 Å². The van der Waals surface area contributed by atoms with Gasteiger partial charge >= 0.3 is 0 Å². The van der Waals surface area contributed by atoms with Gasteiger partial charge in [-0.3, -0.25) is 4.79 Å². The number of tetrazole rings is 1. The van der Waals surface area contributed by atoms with E-state index in [1.807, 2.05) is 42.7 Å². The van der Waals surface area contributed by atoms with Gasteiger partial charge in [0.25, 0.3) is 0 Å². The van der Waals surface area contributed by atoms with Crippen LogP contribution in [0.1, 0.15) is 5.56 Å². The van der Waals surface area contributed by atoms with Crippen molar-refractivity contribution in [2.24, 2.45) is 0 Å². The van der Waals surface area contributed by atoms with E-state index < -0.39 is 0 Å². The van der Waals surface area contributed by atoms with Crippen LogP contribution in [0.25, 0.3) is 5.69 Å². The van der Waals surface area contributed by atoms with Crippen LogP contribution in [0.5, 0.6) is 5.75 Å². The van der Waals surface area contributed by atoms with Crippen molar-refractivity contribution in [3.05, 3.63) is 48.0 Å². The number of rotatable bonds is 7. The highest BCUT2D eigenvalue weighted by molar-refractivity contribution is 8.03. The van der Waals surface area contributed by atoms with E-state index in [9.17, 15) is 4.79 Å². The van der Waals surface area contributed by atoms with Crippen molar-refractivity contribution in [3.8, 4) is 16.8 Å². The molecule has 28 heavy (non-hydrogen) atoms. The number of carbonyl (C=O) groups is 1. The van der Waals surface area contributed by atoms with Crippen molar-refractivity contribution >= 4 is 35.1 Å². The molecule has 142 valence electrons. The maximum atomic E-state index is 12.3. The lowest BCUT2D eigenvalue weighted by Crippen LogP contribution is -2.15. The lowest BCUT2D eigenvalue weighted by atomic mass is 10.2. The molecule has 0 aliphatic rings. The first kappa shape index (κ1) is 19.7. The summed E-state index contributed by atoms with van der Waals surface area (Å²) in [6, 6.07) is 12.8. The minimum atomic E-state index is -0.168. The number of nitrogens with zero attached hydrogens (tertiary/aromatic N) is 5. The summed E-state index contributed by atoms with van der Waals surface area (Å²) in [4.78, 5) is 13.2. The van der Waals surface area contributed by atoms with Gasteiger partial charge in [-0.15, -0.1) is 5.10 Å². The highest BCUT2D eigenvalue weighted by Gasteiger charge is 2.12. The SMILES string of the molecule is COc1ccc(-n2nnnc2SCC(=O)Nc2ccc(SC#N)cc2C)cc1. The summed E-state index contributed by atoms with van der Waals surface area (Å²) in [5.41, 5.74) is 2.37. The van der Waals surface area contributed by atoms with E-state index in [2.05, 4.69) is 20.8 Å². The molecule has 0 radical (unpaired) electrons. The molecule has 10 heteroatoms. The van der Waals surface area contributed by atoms with E-state index in [-0.39, 0.29) is 11.7 Å². The first-order valence-electron chi connectivity index (χ1n) is 8.12. The molecule has 1 aromatic heterocycles. The van der Waals surface area contributed by atoms with Gasteiger partial charge in [-0.25, -0.2) is 0 Å². The molecule has 0 bridgehead atoms. The molecule has 0 saturated carbocycles. The zero-order valence-corrected chi connectivity index (χ0v) is 16.8. The molecule has 3 rings (SSSR count). The highest BCUT2D eigenvalue weighted by Crippen LogP contribution is 2.24. The number of anilines is 1. The maximum Gasteiger partial charge on any atom is 0.234 e. The summed E-state index contributed by atoms with van der Waals surface area (Å²) < 4.78 is 6.71. The molecule has 0 atom stereocenters. The molecular weight excluding hydrogens is 396 g/mol. The molecule has 1 heterocycles. The topological polar surface area (TPSA) is 106 Å². The Labute approximate surface area is 170 Å². The van der Waals surface area contributed by atoms with Gasteiger partial charge in [0.2, 0.25) is 11.1 Å². The van der Waals surface area contributed by atoms with Crippen LogP contribution >= 0.6 is 23.5 Å². The summed E-state index contributed by atoms with van der Waals surface area (Å²) in [6.45, 7) is 1.88. The lowest BCUT2D eigenvalue weighted by Gasteiger charge is -2.09. The third kappa shape index (κ3) is 4.82. The Hall–Kier alpha value is -3.03. The van der Waals surface area contributed by atoms with E-state index in [0.29, 0.717) is 10.8 Å². The normalized spacial score (nSPS) is 10.3. The molecule has 8 nitrogen and oxygen atoms in total. The van der Waals surface area contributed by atoms with Crippen LogP contribution in [0.2, 0.25) is 0 Å². The van der Waals surface area contributed by atoms with Gasteiger partial charge < -0.3 is 10.1 Å². The second-order valence-corrected chi connectivity index (χ2v) is 7.38. The number of thioether (sulfide) groups is 2. The van der Waals surface area contributed by atoms with Gasteiger partial charge in [0.1, 0.15) is 11.2 Å². The fraction of sp³-hybridized carbons (Fsp3) is 0.167. The van der Waals surface area contributed by atoms with Crippen molar-refractivity contribution in [1.29, 1.82) is 5.26 Å². The number of aromatic nitrogens is 4. The second kappa shape index (κ2) is 9.25. The summed E-state index contributed by atoms with van der Waals surface area (Å²) in [6.07, 6.45) is 0. The number of amides is 1. The Morgan fingerprint density at radius 3 is 2.75 bits per heavy atom. The fourth-order valence-electron chi connectivity index (χ4n) is 2.36. The number of hydrogen-bond donors (Lipinski definition) is 1. The summed E-state index contributed by atoms with van der Waals surface area (Å²) in [5, 5.41) is 25.8. The van der Waals surface area contributed by atoms with Crippen LogP contribution in [0.15, 0.2) is 52.5 Å². The molecule has 3 aromatic rings. The van der Waals surface area contributed by atoms with Gasteiger partial charge in [-0.1, -0.05) is 11.8 Å². The van der Waals surface area contributed by atoms with Crippen molar-refractivity contribution in [2.45, 2.75) is 17.0 Å². The third-order valence-corrected chi connectivity index (χ3v) is 5.23. The van der Waals surface area contributed by atoms with Crippen molar-refractivity contribution in [1.82, 2.24) is 20.2 Å². The molecule has 0 aliphatic carbocycles. The number of methoxy groups -OCH3 is 1. The predicted molar refractivity (Wildman–Crippen MR) is 108 cm³/mol. The van der Waals surface area contributed by atoms with E-state index in [1.54, 1.807) is 23.9 Å². The van der Waals surface area contributed by atoms with Crippen LogP contribution in [0.4, 0.5) is 5.69 Å². The Morgan fingerprint density at radius 1 is 1.29 bits per heavy atom. The number of hydrogen-bond acceptors (Lipinski definition) is 8. The molecule has 0 spiro atoms. The zero-order valence-electron chi connectivity index (χ0n) is 15.1. The average molecular weight is 413 g/mol. The first-order valence-corrected chi connectivity index (χ1v) is 9.93. The maximum absolute atomic E-state index is 12.3. The van der Waals surface area contributed by atoms with Crippen LogP contribution in [-0.4, -0.2) is 39.0 Å². The summed E-state index contributed by atoms with van der Waals surface area (Å²) in [7, 11) is 1.60. The molecule has 0 aliphatic heterocycles. The van der Waals surface area contributed by atoms with E-state index in [4.69, 9.17) is 10.00 Å². The fourth-order valence-corrected chi connectivity index (χ4v) is 3.53. The van der Waals surface area contributed by atoms with Crippen LogP contribution in [-0.2, 0) is 4.79 Å². The Balaban J connectivity index is 1.63. The third-order valence-electron chi connectivity index (χ3n) is 3.73. The van der Waals surface area contributed by atoms with Gasteiger partial charge in [0.05, 0.1) is 18.6 Å². The number of nitrogens with one attached hydrogen (secondary N) is 1. The van der Waals surface area contributed by atoms with Crippen molar-refractivity contribution in [3.63, 3.8) is 0 Å². The molecule has 0 saturated heterocycles. The van der Waals surface area contributed by atoms with Gasteiger partial charge in [-0.05, 0) is 77.1 Å². The predicted octanol–water partition coefficient (Wildman–Crippen LogP) is 3.28. The average Bonchev–Trinajstić information content (AvgIpc) is 3.17. The Kier molecular flexibility index (Phi) is 6.52. The first-order chi connectivity index (χ1) is 13.6. The van der Waals surface area contributed by atoms with Gasteiger partial charge in [0.15, 0.2) is 0 Å². The molecule has 1 N–H and O–H groups in total. The summed E-state index contributed by atoms with van der Waals surface area (Å²) in [5.74, 6) is 0.725. The van der Waals surface area contributed by atoms with Crippen molar-refractivity contribution in [2.75, 3.05) is 18.2 Å². The number of ether oxygens (including phenoxy) is 1. The smallest absolute Gasteiger partial charge is 0.234 e. The number of thiocyanates is 1. The monoisotopic (exact) mass is 412 g/mol. The number of nitriles is 1. The Morgan fingerprint density at radius 2 is 2.07 bits per heavy atom. The number of benzene rings is 2. The van der Waals surface area contributed by atoms with Gasteiger partial charge in [-0.2, -0.15) is 9.94 Å². The highest BCUT2D eigenvalue weighted by atomic mass is 32.2. The Bertz CT molecular complexity index is 1010. The quantitative estimate of drug-likeness (QED) is 0.465. The standard InChI is InChI=1S/C18H16N6O2S2/c1-12-9-15(28-11-19)7-8-16(12)20-17(25)10-27-18-21-22-23-24(18)13-3-5-14(26-2)6-4-13/h3-9H,10H2,1-2H3,(H,20,25). The second-order valence-electron chi connectivity index (χ2n) is 5.58. The minimum absolute atomic E-state index is 0.157. The zero-order chi connectivity index (χ0) is 19.9. The largest absolute Gasteiger partial charge is 0.497 e. The molecular formula is C18H16N6O2S2. The van der Waals surface area contributed by atoms with E-state index in [1.165, 1.54) is 11.8 Å². The van der Waals surface area contributed by atoms with Gasteiger partial charge in [0, 0.05) is 10.6 Å². The van der Waals surface area contributed by atoms with Crippen LogP contribution in [0, 0.1) is 17.6 Å². The van der Waals surface area contributed by atoms with Crippen LogP contribution in [0.3, 0.4) is 0 Å². The number of carbonyl (C=O) groups excluding carboxylic acids is 1. The van der Waals surface area contributed by atoms with E-state index in [0.717, 1.165) is 33.7 Å². The molecule has 0 unspecified atom stereocenters. The van der Waals surface area contributed by atoms with Crippen LogP contribution < -0.4 is 10.1 Å². The lowest BCUT2D eigenvalue weighted by molar-refractivity contribution is -0.113. The van der Waals surface area contributed by atoms with Crippen molar-refractivity contribution < 1.29 is 9.53 Å². The minimum Gasteiger partial charge on any atom is -0.497 e.